The van der Waals surface area contributed by atoms with Crippen molar-refractivity contribution >= 4 is 46.3 Å². The number of anilines is 2. The van der Waals surface area contributed by atoms with Gasteiger partial charge in [0.25, 0.3) is 0 Å². The summed E-state index contributed by atoms with van der Waals surface area (Å²) < 4.78 is 0. The monoisotopic (exact) mass is 264 g/mol. The van der Waals surface area contributed by atoms with Crippen molar-refractivity contribution in [1.82, 2.24) is 0 Å². The first kappa shape index (κ1) is 12.8. The number of hydrogen-bond acceptors (Lipinski definition) is 3. The molecule has 0 amide bonds. The summed E-state index contributed by atoms with van der Waals surface area (Å²) in [6.45, 7) is 0.865. The Morgan fingerprint density at radius 3 is 2.47 bits per heavy atom. The van der Waals surface area contributed by atoms with Crippen LogP contribution in [0.5, 0.6) is 0 Å². The Hall–Kier alpha value is -0.250. The summed E-state index contributed by atoms with van der Waals surface area (Å²) in [5.74, 6) is 1.12. The molecule has 5 heteroatoms. The Morgan fingerprint density at radius 2 is 1.93 bits per heavy atom. The van der Waals surface area contributed by atoms with Gasteiger partial charge in [-0.25, -0.2) is 0 Å². The van der Waals surface area contributed by atoms with Crippen molar-refractivity contribution in [1.29, 1.82) is 0 Å². The van der Waals surface area contributed by atoms with Crippen LogP contribution in [0.3, 0.4) is 0 Å². The molecule has 1 aromatic rings. The molecule has 3 N–H and O–H groups in total. The van der Waals surface area contributed by atoms with Gasteiger partial charge in [-0.15, -0.1) is 0 Å². The SMILES string of the molecule is CSCCCNc1c(Cl)cc(N)cc1Cl. The molecule has 0 aliphatic rings. The largest absolute Gasteiger partial charge is 0.399 e. The summed E-state index contributed by atoms with van der Waals surface area (Å²) in [6.07, 6.45) is 3.17. The van der Waals surface area contributed by atoms with Crippen LogP contribution in [0, 0.1) is 0 Å². The summed E-state index contributed by atoms with van der Waals surface area (Å²) >= 11 is 13.9. The van der Waals surface area contributed by atoms with Crippen LogP contribution >= 0.6 is 35.0 Å². The quantitative estimate of drug-likeness (QED) is 0.629. The van der Waals surface area contributed by atoms with Gasteiger partial charge >= 0.3 is 0 Å². The molecule has 1 aromatic carbocycles. The average Bonchev–Trinajstić information content (AvgIpc) is 2.15. The van der Waals surface area contributed by atoms with Gasteiger partial charge in [-0.2, -0.15) is 11.8 Å². The van der Waals surface area contributed by atoms with Gasteiger partial charge < -0.3 is 11.1 Å². The highest BCUT2D eigenvalue weighted by Crippen LogP contribution is 2.32. The van der Waals surface area contributed by atoms with Crippen molar-refractivity contribution < 1.29 is 0 Å². The third-order valence-electron chi connectivity index (χ3n) is 1.89. The summed E-state index contributed by atoms with van der Waals surface area (Å²) in [5, 5.41) is 4.36. The molecule has 0 spiro atoms. The average molecular weight is 265 g/mol. The first-order valence-electron chi connectivity index (χ1n) is 4.62. The van der Waals surface area contributed by atoms with Gasteiger partial charge in [0.05, 0.1) is 15.7 Å². The number of benzene rings is 1. The van der Waals surface area contributed by atoms with E-state index in [9.17, 15) is 0 Å². The van der Waals surface area contributed by atoms with E-state index >= 15 is 0 Å². The molecule has 2 nitrogen and oxygen atoms in total. The van der Waals surface area contributed by atoms with E-state index in [4.69, 9.17) is 28.9 Å². The van der Waals surface area contributed by atoms with Crippen molar-refractivity contribution in [3.63, 3.8) is 0 Å². The van der Waals surface area contributed by atoms with E-state index in [1.54, 1.807) is 12.1 Å². The molecule has 0 fully saturated rings. The highest BCUT2D eigenvalue weighted by atomic mass is 35.5. The second-order valence-electron chi connectivity index (χ2n) is 3.13. The molecular formula is C10H14Cl2N2S. The maximum atomic E-state index is 6.02. The smallest absolute Gasteiger partial charge is 0.0720 e. The lowest BCUT2D eigenvalue weighted by atomic mass is 10.2. The van der Waals surface area contributed by atoms with Crippen LogP contribution in [0.1, 0.15) is 6.42 Å². The summed E-state index contributed by atoms with van der Waals surface area (Å²) in [7, 11) is 0. The van der Waals surface area contributed by atoms with Crippen LogP contribution in [0.25, 0.3) is 0 Å². The van der Waals surface area contributed by atoms with E-state index in [1.807, 2.05) is 11.8 Å². The fourth-order valence-corrected chi connectivity index (χ4v) is 2.26. The van der Waals surface area contributed by atoms with Crippen molar-refractivity contribution in [2.45, 2.75) is 6.42 Å². The minimum Gasteiger partial charge on any atom is -0.399 e. The van der Waals surface area contributed by atoms with Gasteiger partial charge in [0.15, 0.2) is 0 Å². The third kappa shape index (κ3) is 4.01. The zero-order chi connectivity index (χ0) is 11.3. The standard InChI is InChI=1S/C10H14Cl2N2S/c1-15-4-2-3-14-10-8(11)5-7(13)6-9(10)12/h5-6,14H,2-4,13H2,1H3. The molecule has 0 atom stereocenters. The van der Waals surface area contributed by atoms with Crippen LogP contribution in [0.4, 0.5) is 11.4 Å². The Balaban J connectivity index is 2.60. The zero-order valence-corrected chi connectivity index (χ0v) is 10.8. The maximum absolute atomic E-state index is 6.02. The highest BCUT2D eigenvalue weighted by Gasteiger charge is 2.06. The molecular weight excluding hydrogens is 251 g/mol. The predicted octanol–water partition coefficient (Wildman–Crippen LogP) is 3.74. The van der Waals surface area contributed by atoms with E-state index in [0.717, 1.165) is 24.4 Å². The number of hydrogen-bond donors (Lipinski definition) is 2. The summed E-state index contributed by atoms with van der Waals surface area (Å²) in [5.41, 5.74) is 6.96. The van der Waals surface area contributed by atoms with E-state index in [2.05, 4.69) is 11.6 Å². The number of nitrogen functional groups attached to an aromatic ring is 1. The van der Waals surface area contributed by atoms with E-state index in [0.29, 0.717) is 15.7 Å². The first-order chi connectivity index (χ1) is 7.15. The van der Waals surface area contributed by atoms with Crippen LogP contribution in [0.2, 0.25) is 10.0 Å². The minimum atomic E-state index is 0.573. The Kier molecular flexibility index (Phi) is 5.43. The Morgan fingerprint density at radius 1 is 1.33 bits per heavy atom. The fourth-order valence-electron chi connectivity index (χ4n) is 1.19. The maximum Gasteiger partial charge on any atom is 0.0720 e. The number of rotatable bonds is 5. The Labute approximate surface area is 105 Å². The predicted molar refractivity (Wildman–Crippen MR) is 72.4 cm³/mol. The van der Waals surface area contributed by atoms with Crippen molar-refractivity contribution in [3.05, 3.63) is 22.2 Å². The normalized spacial score (nSPS) is 10.3. The van der Waals surface area contributed by atoms with Gasteiger partial charge in [-0.3, -0.25) is 0 Å². The molecule has 0 saturated heterocycles. The molecule has 0 aliphatic heterocycles. The zero-order valence-electron chi connectivity index (χ0n) is 8.52. The highest BCUT2D eigenvalue weighted by molar-refractivity contribution is 7.98. The van der Waals surface area contributed by atoms with Crippen molar-refractivity contribution in [3.8, 4) is 0 Å². The number of thioether (sulfide) groups is 1. The second-order valence-corrected chi connectivity index (χ2v) is 4.93. The molecule has 0 aliphatic carbocycles. The van der Waals surface area contributed by atoms with Gasteiger partial charge in [0.1, 0.15) is 0 Å². The number of nitrogens with two attached hydrogens (primary N) is 1. The number of halogens is 2. The van der Waals surface area contributed by atoms with Crippen LogP contribution in [-0.2, 0) is 0 Å². The van der Waals surface area contributed by atoms with Crippen LogP contribution in [-0.4, -0.2) is 18.6 Å². The molecule has 0 unspecified atom stereocenters. The van der Waals surface area contributed by atoms with Crippen molar-refractivity contribution in [2.75, 3.05) is 29.6 Å². The topological polar surface area (TPSA) is 38.0 Å². The lowest BCUT2D eigenvalue weighted by molar-refractivity contribution is 0.993. The fraction of sp³-hybridized carbons (Fsp3) is 0.400. The van der Waals surface area contributed by atoms with Crippen LogP contribution in [0.15, 0.2) is 12.1 Å². The first-order valence-corrected chi connectivity index (χ1v) is 6.77. The lowest BCUT2D eigenvalue weighted by Crippen LogP contribution is -2.04. The molecule has 0 aromatic heterocycles. The molecule has 0 bridgehead atoms. The lowest BCUT2D eigenvalue weighted by Gasteiger charge is -2.10. The molecule has 1 rings (SSSR count). The Bertz CT molecular complexity index is 308. The minimum absolute atomic E-state index is 0.573. The van der Waals surface area contributed by atoms with Gasteiger partial charge in [0, 0.05) is 12.2 Å². The molecule has 0 radical (unpaired) electrons. The van der Waals surface area contributed by atoms with Gasteiger partial charge in [0.2, 0.25) is 0 Å². The van der Waals surface area contributed by atoms with E-state index in [-0.39, 0.29) is 0 Å². The number of nitrogens with one attached hydrogen (secondary N) is 1. The molecule has 84 valence electrons. The van der Waals surface area contributed by atoms with Crippen molar-refractivity contribution in [2.24, 2.45) is 0 Å². The van der Waals surface area contributed by atoms with Gasteiger partial charge in [-0.1, -0.05) is 23.2 Å². The summed E-state index contributed by atoms with van der Waals surface area (Å²) in [6, 6.07) is 3.40. The third-order valence-corrected chi connectivity index (χ3v) is 3.18. The van der Waals surface area contributed by atoms with Gasteiger partial charge in [-0.05, 0) is 30.6 Å². The second kappa shape index (κ2) is 6.36. The molecule has 0 heterocycles. The van der Waals surface area contributed by atoms with Crippen LogP contribution < -0.4 is 11.1 Å². The molecule has 15 heavy (non-hydrogen) atoms. The summed E-state index contributed by atoms with van der Waals surface area (Å²) in [4.78, 5) is 0. The molecule has 0 saturated carbocycles. The van der Waals surface area contributed by atoms with E-state index < -0.39 is 0 Å². The van der Waals surface area contributed by atoms with E-state index in [1.165, 1.54) is 0 Å².